The lowest BCUT2D eigenvalue weighted by Crippen LogP contribution is -2.46. The van der Waals surface area contributed by atoms with E-state index in [0.29, 0.717) is 51.6 Å². The fourth-order valence-corrected chi connectivity index (χ4v) is 6.63. The fraction of sp³-hybridized carbons (Fsp3) is 0.743. The number of esters is 2. The second-order valence-electron chi connectivity index (χ2n) is 13.0. The molecular weight excluding hydrogens is 576 g/mol. The molecule has 4 aliphatic rings. The summed E-state index contributed by atoms with van der Waals surface area (Å²) in [5.74, 6) is -0.375. The minimum absolute atomic E-state index is 0.0109. The molecule has 4 heterocycles. The molecule has 0 spiro atoms. The SMILES string of the molecule is COC(=O)/C=C1\CC2CC(=O)OC(/C=C/CCCCNC(=O)N3CCOCC3)C(C)/C=C/C(C)CC3CCCC(CC(C1)O2)O3. The van der Waals surface area contributed by atoms with Crippen molar-refractivity contribution in [1.29, 1.82) is 0 Å². The molecular formula is C35H54N2O8. The summed E-state index contributed by atoms with van der Waals surface area (Å²) in [4.78, 5) is 39.4. The number of unbranched alkanes of at least 4 members (excludes halogenated alkanes) is 2. The molecule has 4 rings (SSSR count). The molecule has 10 heteroatoms. The van der Waals surface area contributed by atoms with Gasteiger partial charge in [-0.15, -0.1) is 0 Å². The Bertz CT molecular complexity index is 1050. The van der Waals surface area contributed by atoms with E-state index in [-0.39, 0.29) is 54.7 Å². The summed E-state index contributed by atoms with van der Waals surface area (Å²) >= 11 is 0. The molecule has 252 valence electrons. The van der Waals surface area contributed by atoms with E-state index in [1.54, 1.807) is 11.0 Å². The van der Waals surface area contributed by atoms with Crippen LogP contribution in [0.4, 0.5) is 4.79 Å². The van der Waals surface area contributed by atoms with Gasteiger partial charge in [0.05, 0.1) is 51.2 Å². The Balaban J connectivity index is 1.37. The molecule has 3 fully saturated rings. The van der Waals surface area contributed by atoms with Gasteiger partial charge in [-0.3, -0.25) is 4.79 Å². The zero-order valence-corrected chi connectivity index (χ0v) is 27.5. The summed E-state index contributed by atoms with van der Waals surface area (Å²) in [7, 11) is 1.37. The molecule has 1 N–H and O–H groups in total. The number of ether oxygens (including phenoxy) is 5. The molecule has 2 amide bonds. The Kier molecular flexibility index (Phi) is 14.4. The average Bonchev–Trinajstić information content (AvgIpc) is 3.02. The average molecular weight is 631 g/mol. The number of rotatable bonds is 7. The molecule has 7 atom stereocenters. The van der Waals surface area contributed by atoms with Gasteiger partial charge in [0.15, 0.2) is 0 Å². The van der Waals surface area contributed by atoms with Gasteiger partial charge >= 0.3 is 18.0 Å². The van der Waals surface area contributed by atoms with Crippen LogP contribution in [0.5, 0.6) is 0 Å². The summed E-state index contributed by atoms with van der Waals surface area (Å²) in [6.45, 7) is 7.36. The third-order valence-electron chi connectivity index (χ3n) is 9.11. The van der Waals surface area contributed by atoms with Crippen molar-refractivity contribution >= 4 is 18.0 Å². The first kappa shape index (κ1) is 35.2. The van der Waals surface area contributed by atoms with Crippen molar-refractivity contribution in [2.24, 2.45) is 11.8 Å². The predicted molar refractivity (Wildman–Crippen MR) is 170 cm³/mol. The van der Waals surface area contributed by atoms with Gasteiger partial charge in [-0.2, -0.15) is 0 Å². The third-order valence-corrected chi connectivity index (χ3v) is 9.11. The van der Waals surface area contributed by atoms with E-state index in [2.05, 4.69) is 37.4 Å². The van der Waals surface area contributed by atoms with Crippen LogP contribution in [0.15, 0.2) is 36.0 Å². The Morgan fingerprint density at radius 2 is 1.71 bits per heavy atom. The number of fused-ring (bicyclic) bond motifs is 4. The molecule has 4 bridgehead atoms. The minimum atomic E-state index is -0.408. The van der Waals surface area contributed by atoms with Crippen LogP contribution >= 0.6 is 0 Å². The van der Waals surface area contributed by atoms with Crippen molar-refractivity contribution in [2.45, 2.75) is 115 Å². The van der Waals surface area contributed by atoms with Gasteiger partial charge in [0.2, 0.25) is 0 Å². The van der Waals surface area contributed by atoms with Crippen LogP contribution in [0.2, 0.25) is 0 Å². The highest BCUT2D eigenvalue weighted by atomic mass is 16.6. The number of hydrogen-bond acceptors (Lipinski definition) is 8. The first-order chi connectivity index (χ1) is 21.8. The molecule has 0 aliphatic carbocycles. The number of carbonyl (C=O) groups excluding carboxylic acids is 3. The van der Waals surface area contributed by atoms with Crippen LogP contribution in [0.25, 0.3) is 0 Å². The van der Waals surface area contributed by atoms with Gasteiger partial charge < -0.3 is 33.9 Å². The zero-order valence-electron chi connectivity index (χ0n) is 27.5. The number of amides is 2. The lowest BCUT2D eigenvalue weighted by atomic mass is 9.89. The smallest absolute Gasteiger partial charge is 0.330 e. The molecule has 4 aliphatic heterocycles. The molecule has 0 aromatic heterocycles. The highest BCUT2D eigenvalue weighted by Gasteiger charge is 2.33. The number of allylic oxidation sites excluding steroid dienone is 2. The van der Waals surface area contributed by atoms with Crippen LogP contribution in [0.3, 0.4) is 0 Å². The second kappa shape index (κ2) is 18.5. The number of methoxy groups -OCH3 is 1. The van der Waals surface area contributed by atoms with Gasteiger partial charge in [0, 0.05) is 38.0 Å². The molecule has 3 saturated heterocycles. The normalized spacial score (nSPS) is 33.4. The van der Waals surface area contributed by atoms with E-state index in [1.165, 1.54) is 7.11 Å². The minimum Gasteiger partial charge on any atom is -0.466 e. The van der Waals surface area contributed by atoms with Crippen molar-refractivity contribution in [3.05, 3.63) is 36.0 Å². The quantitative estimate of drug-likeness (QED) is 0.175. The Hall–Kier alpha value is -2.69. The molecule has 10 nitrogen and oxygen atoms in total. The molecule has 0 aromatic carbocycles. The van der Waals surface area contributed by atoms with Gasteiger partial charge in [-0.25, -0.2) is 9.59 Å². The Labute approximate surface area is 268 Å². The first-order valence-electron chi connectivity index (χ1n) is 17.0. The van der Waals surface area contributed by atoms with E-state index in [1.807, 2.05) is 6.08 Å². The van der Waals surface area contributed by atoms with Gasteiger partial charge in [0.25, 0.3) is 0 Å². The third kappa shape index (κ3) is 12.2. The van der Waals surface area contributed by atoms with Crippen molar-refractivity contribution < 1.29 is 38.1 Å². The maximum atomic E-state index is 13.3. The van der Waals surface area contributed by atoms with Crippen molar-refractivity contribution in [2.75, 3.05) is 40.0 Å². The number of nitrogens with one attached hydrogen (secondary N) is 1. The maximum absolute atomic E-state index is 13.3. The first-order valence-corrected chi connectivity index (χ1v) is 17.0. The zero-order chi connectivity index (χ0) is 32.0. The number of hydrogen-bond donors (Lipinski definition) is 1. The molecule has 0 radical (unpaired) electrons. The van der Waals surface area contributed by atoms with Gasteiger partial charge in [-0.05, 0) is 69.8 Å². The number of nitrogens with zero attached hydrogens (tertiary/aromatic N) is 1. The van der Waals surface area contributed by atoms with E-state index in [4.69, 9.17) is 23.7 Å². The summed E-state index contributed by atoms with van der Waals surface area (Å²) in [6, 6.07) is -0.0299. The van der Waals surface area contributed by atoms with Crippen LogP contribution in [-0.2, 0) is 33.3 Å². The lowest BCUT2D eigenvalue weighted by Gasteiger charge is -2.37. The fourth-order valence-electron chi connectivity index (χ4n) is 6.63. The van der Waals surface area contributed by atoms with Crippen LogP contribution < -0.4 is 5.32 Å². The highest BCUT2D eigenvalue weighted by Crippen LogP contribution is 2.33. The maximum Gasteiger partial charge on any atom is 0.330 e. The van der Waals surface area contributed by atoms with E-state index in [9.17, 15) is 14.4 Å². The van der Waals surface area contributed by atoms with Crippen molar-refractivity contribution in [3.63, 3.8) is 0 Å². The predicted octanol–water partition coefficient (Wildman–Crippen LogP) is 5.26. The monoisotopic (exact) mass is 630 g/mol. The summed E-state index contributed by atoms with van der Waals surface area (Å²) in [5.41, 5.74) is 0.937. The summed E-state index contributed by atoms with van der Waals surface area (Å²) < 4.78 is 29.2. The molecule has 0 saturated carbocycles. The topological polar surface area (TPSA) is 113 Å². The Morgan fingerprint density at radius 3 is 2.49 bits per heavy atom. The molecule has 0 aromatic rings. The molecule has 7 unspecified atom stereocenters. The van der Waals surface area contributed by atoms with Crippen molar-refractivity contribution in [1.82, 2.24) is 10.2 Å². The Morgan fingerprint density at radius 1 is 0.978 bits per heavy atom. The highest BCUT2D eigenvalue weighted by molar-refractivity contribution is 5.82. The number of morpholine rings is 1. The van der Waals surface area contributed by atoms with E-state index in [0.717, 1.165) is 56.9 Å². The van der Waals surface area contributed by atoms with Crippen LogP contribution in [0.1, 0.15) is 84.5 Å². The standard InChI is InChI=1S/C35H54N2O8/c1-25-12-13-26(2)32(11-6-4-5-7-14-36-35(40)37-15-17-42-18-16-37)45-34(39)24-31-21-27(22-33(38)41-3)20-30(44-31)23-29-10-8-9-28(19-25)43-29/h6,11-13,22,25-26,28-32H,4-5,7-10,14-21,23-24H2,1-3H3,(H,36,40)/b11-6+,13-12+,27-22-. The largest absolute Gasteiger partial charge is 0.466 e. The van der Waals surface area contributed by atoms with Crippen LogP contribution in [-0.4, -0.2) is 93.3 Å². The lowest BCUT2D eigenvalue weighted by molar-refractivity contribution is -0.154. The van der Waals surface area contributed by atoms with Gasteiger partial charge in [-0.1, -0.05) is 37.6 Å². The number of carbonyl (C=O) groups is 3. The molecule has 45 heavy (non-hydrogen) atoms. The summed E-state index contributed by atoms with van der Waals surface area (Å²) in [6.07, 6.45) is 18.1. The second-order valence-corrected chi connectivity index (χ2v) is 13.0. The number of cyclic esters (lactones) is 1. The summed E-state index contributed by atoms with van der Waals surface area (Å²) in [5, 5.41) is 2.99. The van der Waals surface area contributed by atoms with E-state index >= 15 is 0 Å². The van der Waals surface area contributed by atoms with Crippen molar-refractivity contribution in [3.8, 4) is 0 Å². The number of urea groups is 1. The van der Waals surface area contributed by atoms with Crippen LogP contribution in [0, 0.1) is 11.8 Å². The van der Waals surface area contributed by atoms with E-state index < -0.39 is 6.10 Å². The van der Waals surface area contributed by atoms with Gasteiger partial charge in [0.1, 0.15) is 6.10 Å².